The zero-order valence-electron chi connectivity index (χ0n) is 10.9. The Balaban J connectivity index is 2.13. The highest BCUT2D eigenvalue weighted by molar-refractivity contribution is 7.19. The molecule has 0 saturated carbocycles. The highest BCUT2D eigenvalue weighted by Crippen LogP contribution is 2.40. The van der Waals surface area contributed by atoms with Crippen LogP contribution in [0.15, 0.2) is 41.8 Å². The second-order valence-electron chi connectivity index (χ2n) is 5.56. The van der Waals surface area contributed by atoms with Crippen molar-refractivity contribution in [3.8, 4) is 10.4 Å². The number of thiophene rings is 2. The van der Waals surface area contributed by atoms with Gasteiger partial charge in [0.1, 0.15) is 0 Å². The summed E-state index contributed by atoms with van der Waals surface area (Å²) < 4.78 is 1.37. The third kappa shape index (κ3) is 2.00. The van der Waals surface area contributed by atoms with Gasteiger partial charge in [-0.15, -0.1) is 22.7 Å². The van der Waals surface area contributed by atoms with Gasteiger partial charge < -0.3 is 0 Å². The van der Waals surface area contributed by atoms with E-state index < -0.39 is 0 Å². The summed E-state index contributed by atoms with van der Waals surface area (Å²) in [5.41, 5.74) is 1.63. The lowest BCUT2D eigenvalue weighted by molar-refractivity contribution is 0.604. The lowest BCUT2D eigenvalue weighted by Gasteiger charge is -2.15. The molecule has 2 heterocycles. The Bertz CT molecular complexity index is 680. The van der Waals surface area contributed by atoms with E-state index in [4.69, 9.17) is 0 Å². The number of hydrogen-bond donors (Lipinski definition) is 0. The summed E-state index contributed by atoms with van der Waals surface area (Å²) in [4.78, 5) is 2.84. The standard InChI is InChI=1S/C16H16S2/c1-16(2,3)15-9-8-14(18-15)12-10-17-13-7-5-4-6-11(12)13/h4-10H,1-3H3. The van der Waals surface area contributed by atoms with Gasteiger partial charge in [-0.1, -0.05) is 39.0 Å². The third-order valence-electron chi connectivity index (χ3n) is 3.09. The van der Waals surface area contributed by atoms with Gasteiger partial charge in [-0.3, -0.25) is 0 Å². The molecule has 3 aromatic rings. The van der Waals surface area contributed by atoms with Crippen molar-refractivity contribution in [1.29, 1.82) is 0 Å². The van der Waals surface area contributed by atoms with Gasteiger partial charge >= 0.3 is 0 Å². The van der Waals surface area contributed by atoms with Gasteiger partial charge in [-0.25, -0.2) is 0 Å². The molecule has 0 amide bonds. The van der Waals surface area contributed by atoms with E-state index in [2.05, 4.69) is 62.5 Å². The molecule has 2 heteroatoms. The Kier molecular flexibility index (Phi) is 2.80. The third-order valence-corrected chi connectivity index (χ3v) is 5.60. The predicted molar refractivity (Wildman–Crippen MR) is 83.8 cm³/mol. The lowest BCUT2D eigenvalue weighted by atomic mass is 9.95. The van der Waals surface area contributed by atoms with Gasteiger partial charge in [0, 0.05) is 30.8 Å². The summed E-state index contributed by atoms with van der Waals surface area (Å²) in [5.74, 6) is 0. The average Bonchev–Trinajstić information content (AvgIpc) is 2.94. The van der Waals surface area contributed by atoms with E-state index >= 15 is 0 Å². The van der Waals surface area contributed by atoms with Gasteiger partial charge in [-0.2, -0.15) is 0 Å². The van der Waals surface area contributed by atoms with Crippen LogP contribution in [0.2, 0.25) is 0 Å². The molecule has 0 radical (unpaired) electrons. The van der Waals surface area contributed by atoms with E-state index in [0.29, 0.717) is 0 Å². The Labute approximate surface area is 116 Å². The van der Waals surface area contributed by atoms with Crippen LogP contribution in [0.5, 0.6) is 0 Å². The predicted octanol–water partition coefficient (Wildman–Crippen LogP) is 5.93. The van der Waals surface area contributed by atoms with Crippen LogP contribution >= 0.6 is 22.7 Å². The van der Waals surface area contributed by atoms with Crippen molar-refractivity contribution < 1.29 is 0 Å². The SMILES string of the molecule is CC(C)(C)c1ccc(-c2csc3ccccc23)s1. The van der Waals surface area contributed by atoms with Gasteiger partial charge in [0.05, 0.1) is 0 Å². The zero-order valence-corrected chi connectivity index (χ0v) is 12.5. The first-order valence-electron chi connectivity index (χ1n) is 6.12. The first-order chi connectivity index (χ1) is 8.55. The van der Waals surface area contributed by atoms with Crippen molar-refractivity contribution in [2.45, 2.75) is 26.2 Å². The molecule has 0 spiro atoms. The van der Waals surface area contributed by atoms with Crippen molar-refractivity contribution >= 4 is 32.8 Å². The molecule has 0 nitrogen and oxygen atoms in total. The molecule has 0 aliphatic heterocycles. The van der Waals surface area contributed by atoms with Crippen LogP contribution < -0.4 is 0 Å². The molecule has 0 bridgehead atoms. The fourth-order valence-electron chi connectivity index (χ4n) is 2.05. The second-order valence-corrected chi connectivity index (χ2v) is 7.55. The van der Waals surface area contributed by atoms with Gasteiger partial charge in [-0.05, 0) is 23.6 Å². The summed E-state index contributed by atoms with van der Waals surface area (Å²) >= 11 is 3.75. The number of benzene rings is 1. The van der Waals surface area contributed by atoms with E-state index in [1.165, 1.54) is 25.4 Å². The molecule has 0 atom stereocenters. The molecule has 0 fully saturated rings. The quantitative estimate of drug-likeness (QED) is 0.515. The summed E-state index contributed by atoms with van der Waals surface area (Å²) in [6.45, 7) is 6.82. The van der Waals surface area contributed by atoms with Crippen LogP contribution in [0.1, 0.15) is 25.6 Å². The molecule has 1 aromatic carbocycles. The van der Waals surface area contributed by atoms with E-state index in [-0.39, 0.29) is 5.41 Å². The van der Waals surface area contributed by atoms with Crippen molar-refractivity contribution in [3.63, 3.8) is 0 Å². The summed E-state index contributed by atoms with van der Waals surface area (Å²) in [7, 11) is 0. The molecular formula is C16H16S2. The molecule has 0 aliphatic carbocycles. The summed E-state index contributed by atoms with van der Waals surface area (Å²) in [6.07, 6.45) is 0. The van der Waals surface area contributed by atoms with E-state index in [1.807, 2.05) is 22.7 Å². The smallest absolute Gasteiger partial charge is 0.0360 e. The Morgan fingerprint density at radius 2 is 1.72 bits per heavy atom. The van der Waals surface area contributed by atoms with Gasteiger partial charge in [0.2, 0.25) is 0 Å². The van der Waals surface area contributed by atoms with Crippen molar-refractivity contribution in [2.24, 2.45) is 0 Å². The first-order valence-corrected chi connectivity index (χ1v) is 7.82. The van der Waals surface area contributed by atoms with Gasteiger partial charge in [0.25, 0.3) is 0 Å². The summed E-state index contributed by atoms with van der Waals surface area (Å²) in [6, 6.07) is 13.2. The maximum Gasteiger partial charge on any atom is 0.0360 e. The van der Waals surface area contributed by atoms with E-state index in [1.54, 1.807) is 0 Å². The van der Waals surface area contributed by atoms with Crippen molar-refractivity contribution in [1.82, 2.24) is 0 Å². The number of hydrogen-bond acceptors (Lipinski definition) is 2. The minimum Gasteiger partial charge on any atom is -0.143 e. The average molecular weight is 272 g/mol. The van der Waals surface area contributed by atoms with Gasteiger partial charge in [0.15, 0.2) is 0 Å². The number of rotatable bonds is 1. The van der Waals surface area contributed by atoms with Crippen LogP contribution in [-0.4, -0.2) is 0 Å². The maximum atomic E-state index is 2.28. The topological polar surface area (TPSA) is 0 Å². The zero-order chi connectivity index (χ0) is 12.8. The largest absolute Gasteiger partial charge is 0.143 e. The van der Waals surface area contributed by atoms with Crippen LogP contribution in [0.3, 0.4) is 0 Å². The Morgan fingerprint density at radius 3 is 2.44 bits per heavy atom. The van der Waals surface area contributed by atoms with Crippen LogP contribution in [-0.2, 0) is 5.41 Å². The minimum atomic E-state index is 0.245. The number of fused-ring (bicyclic) bond motifs is 1. The maximum absolute atomic E-state index is 2.28. The molecule has 0 N–H and O–H groups in total. The van der Waals surface area contributed by atoms with Crippen molar-refractivity contribution in [3.05, 3.63) is 46.7 Å². The summed E-state index contributed by atoms with van der Waals surface area (Å²) in [5, 5.41) is 3.66. The highest BCUT2D eigenvalue weighted by atomic mass is 32.1. The molecule has 18 heavy (non-hydrogen) atoms. The van der Waals surface area contributed by atoms with Crippen molar-refractivity contribution in [2.75, 3.05) is 0 Å². The first kappa shape index (κ1) is 11.9. The highest BCUT2D eigenvalue weighted by Gasteiger charge is 2.17. The monoisotopic (exact) mass is 272 g/mol. The minimum absolute atomic E-state index is 0.245. The van der Waals surface area contributed by atoms with E-state index in [9.17, 15) is 0 Å². The molecule has 0 unspecified atom stereocenters. The molecule has 2 aromatic heterocycles. The van der Waals surface area contributed by atoms with Crippen LogP contribution in [0, 0.1) is 0 Å². The molecule has 92 valence electrons. The fraction of sp³-hybridized carbons (Fsp3) is 0.250. The molecular weight excluding hydrogens is 256 g/mol. The normalized spacial score (nSPS) is 12.2. The van der Waals surface area contributed by atoms with E-state index in [0.717, 1.165) is 0 Å². The Morgan fingerprint density at radius 1 is 0.944 bits per heavy atom. The fourth-order valence-corrected chi connectivity index (χ4v) is 4.18. The lowest BCUT2D eigenvalue weighted by Crippen LogP contribution is -2.07. The Hall–Kier alpha value is -1.12. The second kappa shape index (κ2) is 4.22. The molecule has 3 rings (SSSR count). The van der Waals surface area contributed by atoms with Crippen LogP contribution in [0.4, 0.5) is 0 Å². The molecule has 0 aliphatic rings. The van der Waals surface area contributed by atoms with Crippen LogP contribution in [0.25, 0.3) is 20.5 Å². The molecule has 0 saturated heterocycles.